The molecule has 3 atom stereocenters. The van der Waals surface area contributed by atoms with Crippen molar-refractivity contribution in [2.45, 2.75) is 88.9 Å². The Balaban J connectivity index is 1.04. The van der Waals surface area contributed by atoms with E-state index in [1.54, 1.807) is 0 Å². The number of nitrogens with zero attached hydrogens (tertiary/aromatic N) is 1. The molecule has 1 nitrogen and oxygen atoms in total. The molecule has 0 aliphatic heterocycles. The van der Waals surface area contributed by atoms with Gasteiger partial charge < -0.3 is 4.90 Å². The van der Waals surface area contributed by atoms with Crippen LogP contribution in [0.3, 0.4) is 0 Å². The molecule has 3 fully saturated rings. The molecule has 0 spiro atoms. The lowest BCUT2D eigenvalue weighted by atomic mass is 9.78. The predicted molar refractivity (Wildman–Crippen MR) is 224 cm³/mol. The normalized spacial score (nSPS) is 21.4. The fourth-order valence-electron chi connectivity index (χ4n) is 11.0. The molecule has 0 aromatic heterocycles. The molecule has 4 aliphatic rings. The highest BCUT2D eigenvalue weighted by molar-refractivity contribution is 5.90. The lowest BCUT2D eigenvalue weighted by Gasteiger charge is -2.29. The van der Waals surface area contributed by atoms with Gasteiger partial charge in [-0.15, -0.1) is 0 Å². The summed E-state index contributed by atoms with van der Waals surface area (Å²) in [7, 11) is 0. The van der Waals surface area contributed by atoms with Gasteiger partial charge in [0.25, 0.3) is 0 Å². The van der Waals surface area contributed by atoms with Crippen LogP contribution >= 0.6 is 0 Å². The first kappa shape index (κ1) is 32.7. The van der Waals surface area contributed by atoms with E-state index < -0.39 is 0 Å². The summed E-state index contributed by atoms with van der Waals surface area (Å²) >= 11 is 0. The molecular formula is C52H51N. The van der Waals surface area contributed by atoms with Gasteiger partial charge in [0, 0.05) is 22.5 Å². The Morgan fingerprint density at radius 1 is 0.491 bits per heavy atom. The van der Waals surface area contributed by atoms with Crippen LogP contribution < -0.4 is 4.90 Å². The van der Waals surface area contributed by atoms with Gasteiger partial charge in [-0.2, -0.15) is 0 Å². The largest absolute Gasteiger partial charge is 0.310 e. The third-order valence-electron chi connectivity index (χ3n) is 13.7. The Morgan fingerprint density at radius 3 is 1.92 bits per heavy atom. The number of rotatable bonds is 7. The second-order valence-electron chi connectivity index (χ2n) is 17.2. The van der Waals surface area contributed by atoms with Crippen LogP contribution in [0.2, 0.25) is 0 Å². The van der Waals surface area contributed by atoms with Crippen molar-refractivity contribution < 1.29 is 0 Å². The molecule has 0 N–H and O–H groups in total. The highest BCUT2D eigenvalue weighted by Gasteiger charge is 2.40. The van der Waals surface area contributed by atoms with Crippen LogP contribution in [0.1, 0.15) is 106 Å². The maximum atomic E-state index is 2.49. The molecular weight excluding hydrogens is 639 g/mol. The smallest absolute Gasteiger partial charge is 0.0465 e. The monoisotopic (exact) mass is 689 g/mol. The summed E-state index contributed by atoms with van der Waals surface area (Å²) in [4.78, 5) is 2.49. The third kappa shape index (κ3) is 5.75. The van der Waals surface area contributed by atoms with Gasteiger partial charge >= 0.3 is 0 Å². The Bertz CT molecular complexity index is 2250. The molecule has 0 amide bonds. The average molecular weight is 690 g/mol. The van der Waals surface area contributed by atoms with Crippen LogP contribution in [-0.4, -0.2) is 0 Å². The summed E-state index contributed by atoms with van der Waals surface area (Å²) in [5, 5.41) is 0. The average Bonchev–Trinajstić information content (AvgIpc) is 3.92. The topological polar surface area (TPSA) is 3.24 Å². The summed E-state index contributed by atoms with van der Waals surface area (Å²) in [5.41, 5.74) is 17.3. The van der Waals surface area contributed by atoms with E-state index in [0.717, 1.165) is 17.8 Å². The third-order valence-corrected chi connectivity index (χ3v) is 13.7. The van der Waals surface area contributed by atoms with Crippen LogP contribution in [-0.2, 0) is 5.41 Å². The quantitative estimate of drug-likeness (QED) is 0.161. The van der Waals surface area contributed by atoms with Gasteiger partial charge in [0.2, 0.25) is 0 Å². The van der Waals surface area contributed by atoms with Gasteiger partial charge in [-0.1, -0.05) is 143 Å². The van der Waals surface area contributed by atoms with Gasteiger partial charge in [0.05, 0.1) is 0 Å². The van der Waals surface area contributed by atoms with Gasteiger partial charge in [-0.25, -0.2) is 0 Å². The molecule has 0 saturated heterocycles. The van der Waals surface area contributed by atoms with E-state index in [4.69, 9.17) is 0 Å². The van der Waals surface area contributed by atoms with Crippen LogP contribution in [0.25, 0.3) is 33.4 Å². The number of benzene rings is 6. The highest BCUT2D eigenvalue weighted by atomic mass is 15.1. The predicted octanol–water partition coefficient (Wildman–Crippen LogP) is 14.7. The fraction of sp³-hybridized carbons (Fsp3) is 0.308. The van der Waals surface area contributed by atoms with Crippen LogP contribution in [0.4, 0.5) is 17.1 Å². The standard InChI is InChI=1S/C52H51N/c1-52(2)50-34-45(29-30-47(50)48-18-10-17-46(51(48)52)38-13-7-4-8-14-38)53(44-27-23-39(24-28-44)49-32-35-19-20-42(49)31-35)43-25-21-37(22-26-43)41-16-9-15-40(33-41)36-11-5-3-6-12-36/h4,7-10,13-18,21-30,33-36,42,49H,3,5-6,11-12,19-20,31-32H2,1-2H3. The molecule has 3 unspecified atom stereocenters. The van der Waals surface area contributed by atoms with Gasteiger partial charge in [-0.05, 0) is 148 Å². The molecule has 3 saturated carbocycles. The van der Waals surface area contributed by atoms with E-state index >= 15 is 0 Å². The van der Waals surface area contributed by atoms with Crippen molar-refractivity contribution in [3.8, 4) is 33.4 Å². The van der Waals surface area contributed by atoms with Crippen molar-refractivity contribution >= 4 is 17.1 Å². The summed E-state index contributed by atoms with van der Waals surface area (Å²) in [5.74, 6) is 3.27. The number of hydrogen-bond acceptors (Lipinski definition) is 1. The zero-order valence-corrected chi connectivity index (χ0v) is 31.4. The summed E-state index contributed by atoms with van der Waals surface area (Å²) < 4.78 is 0. The first-order chi connectivity index (χ1) is 26.0. The first-order valence-electron chi connectivity index (χ1n) is 20.5. The van der Waals surface area contributed by atoms with E-state index in [0.29, 0.717) is 5.92 Å². The molecule has 10 rings (SSSR count). The Morgan fingerprint density at radius 2 is 1.19 bits per heavy atom. The Hall–Kier alpha value is -4.88. The van der Waals surface area contributed by atoms with Crippen molar-refractivity contribution in [2.75, 3.05) is 4.90 Å². The second-order valence-corrected chi connectivity index (χ2v) is 17.2. The van der Waals surface area contributed by atoms with Gasteiger partial charge in [0.15, 0.2) is 0 Å². The molecule has 0 radical (unpaired) electrons. The minimum Gasteiger partial charge on any atom is -0.310 e. The Labute approximate surface area is 316 Å². The van der Waals surface area contributed by atoms with Crippen LogP contribution in [0, 0.1) is 11.8 Å². The summed E-state index contributed by atoms with van der Waals surface area (Å²) in [6.07, 6.45) is 12.4. The summed E-state index contributed by atoms with van der Waals surface area (Å²) in [6.45, 7) is 4.83. The molecule has 0 heterocycles. The van der Waals surface area contributed by atoms with Crippen molar-refractivity contribution in [1.29, 1.82) is 0 Å². The minimum atomic E-state index is -0.141. The molecule has 6 aromatic carbocycles. The molecule has 264 valence electrons. The summed E-state index contributed by atoms with van der Waals surface area (Å²) in [6, 6.07) is 53.4. The van der Waals surface area contributed by atoms with E-state index in [-0.39, 0.29) is 5.41 Å². The van der Waals surface area contributed by atoms with E-state index in [1.165, 1.54) is 130 Å². The number of fused-ring (bicyclic) bond motifs is 5. The lowest BCUT2D eigenvalue weighted by Crippen LogP contribution is -2.17. The van der Waals surface area contributed by atoms with E-state index in [2.05, 4.69) is 158 Å². The number of hydrogen-bond donors (Lipinski definition) is 0. The molecule has 6 aromatic rings. The SMILES string of the molecule is CC1(C)c2cc(N(c3ccc(-c4cccc(C5CCCCC5)c4)cc3)c3ccc(C4CC5CCC4C5)cc3)ccc2-c2cccc(-c3ccccc3)c21. The lowest BCUT2D eigenvalue weighted by molar-refractivity contribution is 0.420. The fourth-order valence-corrected chi connectivity index (χ4v) is 11.0. The zero-order chi connectivity index (χ0) is 35.5. The van der Waals surface area contributed by atoms with E-state index in [9.17, 15) is 0 Å². The van der Waals surface area contributed by atoms with Gasteiger partial charge in [-0.3, -0.25) is 0 Å². The van der Waals surface area contributed by atoms with Crippen LogP contribution in [0.5, 0.6) is 0 Å². The van der Waals surface area contributed by atoms with Crippen molar-refractivity contribution in [2.24, 2.45) is 11.8 Å². The molecule has 1 heteroatoms. The first-order valence-corrected chi connectivity index (χ1v) is 20.5. The van der Waals surface area contributed by atoms with Gasteiger partial charge in [0.1, 0.15) is 0 Å². The van der Waals surface area contributed by atoms with Crippen LogP contribution in [0.15, 0.2) is 140 Å². The maximum absolute atomic E-state index is 2.49. The molecule has 2 bridgehead atoms. The molecule has 4 aliphatic carbocycles. The zero-order valence-electron chi connectivity index (χ0n) is 31.4. The van der Waals surface area contributed by atoms with Crippen molar-refractivity contribution in [3.63, 3.8) is 0 Å². The highest BCUT2D eigenvalue weighted by Crippen LogP contribution is 2.55. The molecule has 53 heavy (non-hydrogen) atoms. The minimum absolute atomic E-state index is 0.141. The van der Waals surface area contributed by atoms with Crippen molar-refractivity contribution in [3.05, 3.63) is 162 Å². The van der Waals surface area contributed by atoms with E-state index in [1.807, 2.05) is 0 Å². The Kier molecular flexibility index (Phi) is 8.16. The maximum Gasteiger partial charge on any atom is 0.0465 e. The number of anilines is 3. The second kappa shape index (κ2) is 13.2. The van der Waals surface area contributed by atoms with Crippen molar-refractivity contribution in [1.82, 2.24) is 0 Å².